The van der Waals surface area contributed by atoms with Crippen LogP contribution in [0, 0.1) is 0 Å². The van der Waals surface area contributed by atoms with Crippen LogP contribution in [0.5, 0.6) is 0 Å². The van der Waals surface area contributed by atoms with Gasteiger partial charge in [0.15, 0.2) is 16.9 Å². The number of hydrogen-bond donors (Lipinski definition) is 1. The van der Waals surface area contributed by atoms with Gasteiger partial charge >= 0.3 is 0 Å². The van der Waals surface area contributed by atoms with E-state index in [1.807, 2.05) is 6.07 Å². The third-order valence-corrected chi connectivity index (χ3v) is 3.94. The molecule has 128 valence electrons. The van der Waals surface area contributed by atoms with Gasteiger partial charge in [-0.3, -0.25) is 14.6 Å². The van der Waals surface area contributed by atoms with E-state index in [1.54, 1.807) is 54.9 Å². The van der Waals surface area contributed by atoms with Crippen LogP contribution in [-0.2, 0) is 6.54 Å². The van der Waals surface area contributed by atoms with Crippen molar-refractivity contribution < 1.29 is 13.6 Å². The molecule has 3 aromatic heterocycles. The highest BCUT2D eigenvalue weighted by atomic mass is 16.3. The first kappa shape index (κ1) is 15.8. The van der Waals surface area contributed by atoms with Crippen molar-refractivity contribution in [3.63, 3.8) is 0 Å². The number of aromatic nitrogens is 1. The lowest BCUT2D eigenvalue weighted by molar-refractivity contribution is 0.0923. The first-order chi connectivity index (χ1) is 12.7. The minimum Gasteiger partial charge on any atom is -0.463 e. The Kier molecular flexibility index (Phi) is 4.07. The molecule has 0 saturated carbocycles. The summed E-state index contributed by atoms with van der Waals surface area (Å²) in [5.41, 5.74) is 1.56. The molecule has 0 aliphatic carbocycles. The first-order valence-electron chi connectivity index (χ1n) is 8.01. The normalized spacial score (nSPS) is 10.8. The van der Waals surface area contributed by atoms with E-state index in [4.69, 9.17) is 8.83 Å². The Morgan fingerprint density at radius 3 is 2.81 bits per heavy atom. The molecule has 0 bridgehead atoms. The average molecular weight is 346 g/mol. The zero-order chi connectivity index (χ0) is 17.9. The lowest BCUT2D eigenvalue weighted by Crippen LogP contribution is -2.24. The van der Waals surface area contributed by atoms with Gasteiger partial charge in [0, 0.05) is 24.4 Å². The lowest BCUT2D eigenvalue weighted by atomic mass is 10.1. The number of pyridine rings is 1. The predicted molar refractivity (Wildman–Crippen MR) is 95.6 cm³/mol. The van der Waals surface area contributed by atoms with Crippen molar-refractivity contribution in [2.75, 3.05) is 0 Å². The summed E-state index contributed by atoms with van der Waals surface area (Å²) < 4.78 is 10.9. The Morgan fingerprint density at radius 2 is 1.96 bits per heavy atom. The van der Waals surface area contributed by atoms with Crippen LogP contribution in [0.3, 0.4) is 0 Å². The average Bonchev–Trinajstić information content (AvgIpc) is 3.21. The van der Waals surface area contributed by atoms with Gasteiger partial charge in [0.25, 0.3) is 5.91 Å². The highest BCUT2D eigenvalue weighted by molar-refractivity contribution is 5.93. The Bertz CT molecular complexity index is 1130. The van der Waals surface area contributed by atoms with Crippen LogP contribution >= 0.6 is 0 Å². The van der Waals surface area contributed by atoms with E-state index in [1.165, 1.54) is 6.07 Å². The molecule has 6 nitrogen and oxygen atoms in total. The molecule has 6 heteroatoms. The largest absolute Gasteiger partial charge is 0.463 e. The number of hydrogen-bond acceptors (Lipinski definition) is 5. The van der Waals surface area contributed by atoms with Crippen molar-refractivity contribution in [3.8, 4) is 11.5 Å². The van der Waals surface area contributed by atoms with Gasteiger partial charge in [-0.05, 0) is 30.3 Å². The highest BCUT2D eigenvalue weighted by Gasteiger charge is 2.14. The van der Waals surface area contributed by atoms with Crippen molar-refractivity contribution in [3.05, 3.63) is 88.6 Å². The van der Waals surface area contributed by atoms with Crippen LogP contribution in [-0.4, -0.2) is 10.9 Å². The molecule has 0 aliphatic heterocycles. The highest BCUT2D eigenvalue weighted by Crippen LogP contribution is 2.21. The van der Waals surface area contributed by atoms with Crippen LogP contribution in [0.4, 0.5) is 0 Å². The summed E-state index contributed by atoms with van der Waals surface area (Å²) >= 11 is 0. The van der Waals surface area contributed by atoms with Crippen molar-refractivity contribution in [1.82, 2.24) is 10.3 Å². The fraction of sp³-hybridized carbons (Fsp3) is 0.0500. The summed E-state index contributed by atoms with van der Waals surface area (Å²) in [5, 5.41) is 3.20. The van der Waals surface area contributed by atoms with Gasteiger partial charge in [-0.2, -0.15) is 0 Å². The molecule has 1 aromatic carbocycles. The molecule has 4 aromatic rings. The summed E-state index contributed by atoms with van der Waals surface area (Å²) in [6.45, 7) is 0.221. The molecule has 0 saturated heterocycles. The minimum absolute atomic E-state index is 0.0304. The summed E-state index contributed by atoms with van der Waals surface area (Å²) in [6, 6.07) is 15.2. The summed E-state index contributed by atoms with van der Waals surface area (Å²) in [5.74, 6) is 0.117. The minimum atomic E-state index is -0.470. The fourth-order valence-electron chi connectivity index (χ4n) is 2.69. The van der Waals surface area contributed by atoms with E-state index in [9.17, 15) is 9.59 Å². The summed E-state index contributed by atoms with van der Waals surface area (Å²) in [6.07, 6.45) is 3.22. The molecule has 4 rings (SSSR count). The molecule has 1 N–H and O–H groups in total. The number of carbonyl (C=O) groups is 1. The number of fused-ring (bicyclic) bond motifs is 1. The molecule has 0 fully saturated rings. The van der Waals surface area contributed by atoms with Crippen LogP contribution in [0.1, 0.15) is 16.1 Å². The molecule has 0 atom stereocenters. The van der Waals surface area contributed by atoms with E-state index in [2.05, 4.69) is 10.3 Å². The van der Waals surface area contributed by atoms with Gasteiger partial charge in [-0.15, -0.1) is 0 Å². The molecule has 0 aliphatic rings. The second-order valence-electron chi connectivity index (χ2n) is 5.64. The van der Waals surface area contributed by atoms with Crippen molar-refractivity contribution >= 4 is 16.9 Å². The predicted octanol–water partition coefficient (Wildman–Crippen LogP) is 3.38. The van der Waals surface area contributed by atoms with Gasteiger partial charge in [0.1, 0.15) is 11.3 Å². The smallest absolute Gasteiger partial charge is 0.287 e. The number of para-hydroxylation sites is 1. The second-order valence-corrected chi connectivity index (χ2v) is 5.64. The monoisotopic (exact) mass is 346 g/mol. The summed E-state index contributed by atoms with van der Waals surface area (Å²) in [7, 11) is 0. The van der Waals surface area contributed by atoms with E-state index in [-0.39, 0.29) is 17.7 Å². The Labute approximate surface area is 148 Å². The second kappa shape index (κ2) is 6.68. The number of nitrogens with one attached hydrogen (secondary N) is 1. The van der Waals surface area contributed by atoms with E-state index in [0.29, 0.717) is 22.4 Å². The summed E-state index contributed by atoms with van der Waals surface area (Å²) in [4.78, 5) is 28.9. The van der Waals surface area contributed by atoms with Crippen molar-refractivity contribution in [2.24, 2.45) is 0 Å². The molecule has 1 amide bonds. The molecule has 0 spiro atoms. The van der Waals surface area contributed by atoms with E-state index < -0.39 is 5.91 Å². The van der Waals surface area contributed by atoms with Crippen LogP contribution in [0.25, 0.3) is 22.4 Å². The third-order valence-electron chi connectivity index (χ3n) is 3.94. The molecule has 0 unspecified atom stereocenters. The molecular formula is C20H14N2O4. The lowest BCUT2D eigenvalue weighted by Gasteiger charge is -2.08. The maximum absolute atomic E-state index is 12.4. The molecular weight excluding hydrogens is 332 g/mol. The first-order valence-corrected chi connectivity index (χ1v) is 8.01. The number of rotatable bonds is 4. The van der Waals surface area contributed by atoms with Gasteiger partial charge in [0.2, 0.25) is 0 Å². The zero-order valence-corrected chi connectivity index (χ0v) is 13.6. The Hall–Kier alpha value is -3.67. The van der Waals surface area contributed by atoms with Crippen molar-refractivity contribution in [1.29, 1.82) is 0 Å². The zero-order valence-electron chi connectivity index (χ0n) is 13.6. The van der Waals surface area contributed by atoms with Crippen LogP contribution < -0.4 is 10.7 Å². The third kappa shape index (κ3) is 3.00. The Balaban J connectivity index is 1.58. The maximum Gasteiger partial charge on any atom is 0.287 e. The number of furan rings is 1. The van der Waals surface area contributed by atoms with Gasteiger partial charge < -0.3 is 14.2 Å². The number of amides is 1. The molecule has 0 radical (unpaired) electrons. The maximum atomic E-state index is 12.4. The van der Waals surface area contributed by atoms with Gasteiger partial charge in [0.05, 0.1) is 11.6 Å². The quantitative estimate of drug-likeness (QED) is 0.612. The van der Waals surface area contributed by atoms with Crippen LogP contribution in [0.2, 0.25) is 0 Å². The van der Waals surface area contributed by atoms with E-state index >= 15 is 0 Å². The van der Waals surface area contributed by atoms with Crippen molar-refractivity contribution in [2.45, 2.75) is 6.54 Å². The van der Waals surface area contributed by atoms with Crippen LogP contribution in [0.15, 0.2) is 80.7 Å². The fourth-order valence-corrected chi connectivity index (χ4v) is 2.69. The number of benzene rings is 1. The topological polar surface area (TPSA) is 85.3 Å². The Morgan fingerprint density at radius 1 is 1.08 bits per heavy atom. The van der Waals surface area contributed by atoms with Gasteiger partial charge in [-0.1, -0.05) is 18.2 Å². The number of nitrogens with zero attached hydrogens (tertiary/aromatic N) is 1. The molecule has 3 heterocycles. The SMILES string of the molecule is O=C(NCc1cccnc1-c1ccco1)c1cc(=O)c2ccccc2o1. The molecule has 26 heavy (non-hydrogen) atoms. The van der Waals surface area contributed by atoms with Gasteiger partial charge in [-0.25, -0.2) is 0 Å². The number of carbonyl (C=O) groups excluding carboxylic acids is 1. The standard InChI is InChI=1S/C20H14N2O4/c23-15-11-18(26-16-7-2-1-6-14(15)16)20(24)22-12-13-5-3-9-21-19(13)17-8-4-10-25-17/h1-11H,12H2,(H,22,24). The van der Waals surface area contributed by atoms with E-state index in [0.717, 1.165) is 5.56 Å².